The van der Waals surface area contributed by atoms with E-state index in [2.05, 4.69) is 41.4 Å². The molecule has 3 aromatic rings. The third kappa shape index (κ3) is 5.73. The van der Waals surface area contributed by atoms with E-state index in [1.165, 1.54) is 0 Å². The lowest BCUT2D eigenvalue weighted by Gasteiger charge is -2.21. The van der Waals surface area contributed by atoms with Crippen LogP contribution in [-0.4, -0.2) is 21.8 Å². The number of hydrogen-bond acceptors (Lipinski definition) is 4. The van der Waals surface area contributed by atoms with Crippen LogP contribution < -0.4 is 10.6 Å². The van der Waals surface area contributed by atoms with Gasteiger partial charge in [0.2, 0.25) is 0 Å². The summed E-state index contributed by atoms with van der Waals surface area (Å²) in [5.41, 5.74) is 3.56. The molecule has 0 fully saturated rings. The monoisotopic (exact) mass is 402 g/mol. The second-order valence-corrected chi connectivity index (χ2v) is 8.13. The minimum atomic E-state index is -0.221. The molecule has 3 rings (SSSR count). The van der Waals surface area contributed by atoms with Crippen LogP contribution in [-0.2, 0) is 18.5 Å². The second-order valence-electron chi connectivity index (χ2n) is 8.13. The van der Waals surface area contributed by atoms with Gasteiger partial charge in [-0.05, 0) is 64.6 Å². The molecule has 0 atom stereocenters. The smallest absolute Gasteiger partial charge is 0.251 e. The summed E-state index contributed by atoms with van der Waals surface area (Å²) in [4.78, 5) is 33.5. The highest BCUT2D eigenvalue weighted by molar-refractivity contribution is 6.00. The Morgan fingerprint density at radius 2 is 1.13 bits per heavy atom. The van der Waals surface area contributed by atoms with E-state index >= 15 is 0 Å². The summed E-state index contributed by atoms with van der Waals surface area (Å²) in [7, 11) is 0. The van der Waals surface area contributed by atoms with E-state index in [9.17, 15) is 9.59 Å². The van der Waals surface area contributed by atoms with Gasteiger partial charge in [0, 0.05) is 49.0 Å². The Hall–Kier alpha value is -3.54. The van der Waals surface area contributed by atoms with Crippen LogP contribution in [0, 0.1) is 0 Å². The number of carbonyl (C=O) groups is 2. The number of hydrogen-bond donors (Lipinski definition) is 2. The van der Waals surface area contributed by atoms with Crippen molar-refractivity contribution in [3.63, 3.8) is 0 Å². The van der Waals surface area contributed by atoms with E-state index in [1.54, 1.807) is 30.9 Å². The Morgan fingerprint density at radius 3 is 1.50 bits per heavy atom. The molecule has 0 spiro atoms. The molecule has 0 aliphatic heterocycles. The molecule has 0 unspecified atom stereocenters. The largest absolute Gasteiger partial charge is 0.348 e. The van der Waals surface area contributed by atoms with Crippen LogP contribution >= 0.6 is 0 Å². The molecule has 0 saturated heterocycles. The number of pyridine rings is 2. The maximum Gasteiger partial charge on any atom is 0.251 e. The van der Waals surface area contributed by atoms with Crippen molar-refractivity contribution < 1.29 is 9.59 Å². The molecule has 2 heterocycles. The molecule has 0 saturated carbocycles. The summed E-state index contributed by atoms with van der Waals surface area (Å²) >= 11 is 0. The van der Waals surface area contributed by atoms with Gasteiger partial charge in [0.05, 0.1) is 0 Å². The van der Waals surface area contributed by atoms with Gasteiger partial charge < -0.3 is 10.6 Å². The number of carbonyl (C=O) groups excluding carboxylic acids is 2. The Bertz CT molecular complexity index is 939. The van der Waals surface area contributed by atoms with Crippen molar-refractivity contribution in [3.05, 3.63) is 95.1 Å². The molecular formula is C24H26N4O2. The summed E-state index contributed by atoms with van der Waals surface area (Å²) in [6, 6.07) is 12.7. The van der Waals surface area contributed by atoms with Crippen molar-refractivity contribution in [2.45, 2.75) is 39.3 Å². The van der Waals surface area contributed by atoms with Crippen LogP contribution in [0.2, 0.25) is 0 Å². The highest BCUT2D eigenvalue weighted by Crippen LogP contribution is 2.25. The first-order valence-corrected chi connectivity index (χ1v) is 9.83. The molecular weight excluding hydrogens is 376 g/mol. The zero-order valence-electron chi connectivity index (χ0n) is 17.5. The zero-order valence-corrected chi connectivity index (χ0v) is 17.5. The molecule has 154 valence electrons. The molecule has 6 nitrogen and oxygen atoms in total. The van der Waals surface area contributed by atoms with E-state index in [1.807, 2.05) is 36.4 Å². The van der Waals surface area contributed by atoms with E-state index < -0.39 is 0 Å². The van der Waals surface area contributed by atoms with Crippen molar-refractivity contribution in [2.75, 3.05) is 0 Å². The average molecular weight is 402 g/mol. The number of aromatic nitrogens is 2. The Kier molecular flexibility index (Phi) is 6.57. The van der Waals surface area contributed by atoms with Gasteiger partial charge in [-0.1, -0.05) is 20.8 Å². The normalized spacial score (nSPS) is 11.0. The summed E-state index contributed by atoms with van der Waals surface area (Å²) in [6.07, 6.45) is 6.75. The van der Waals surface area contributed by atoms with E-state index in [0.29, 0.717) is 24.2 Å². The van der Waals surface area contributed by atoms with Crippen LogP contribution in [0.4, 0.5) is 0 Å². The third-order valence-corrected chi connectivity index (χ3v) is 4.73. The quantitative estimate of drug-likeness (QED) is 0.659. The maximum atomic E-state index is 12.8. The molecule has 0 aliphatic carbocycles. The topological polar surface area (TPSA) is 84.0 Å². The van der Waals surface area contributed by atoms with Crippen molar-refractivity contribution in [2.24, 2.45) is 0 Å². The lowest BCUT2D eigenvalue weighted by Crippen LogP contribution is -2.27. The number of benzene rings is 1. The fourth-order valence-electron chi connectivity index (χ4n) is 2.89. The summed E-state index contributed by atoms with van der Waals surface area (Å²) in [6.45, 7) is 6.95. The van der Waals surface area contributed by atoms with Crippen LogP contribution in [0.1, 0.15) is 58.2 Å². The van der Waals surface area contributed by atoms with Crippen molar-refractivity contribution in [1.82, 2.24) is 20.6 Å². The van der Waals surface area contributed by atoms with Gasteiger partial charge in [0.15, 0.2) is 0 Å². The molecule has 0 aliphatic rings. The molecule has 0 radical (unpaired) electrons. The van der Waals surface area contributed by atoms with Gasteiger partial charge >= 0.3 is 0 Å². The molecule has 2 amide bonds. The fourth-order valence-corrected chi connectivity index (χ4v) is 2.89. The second kappa shape index (κ2) is 9.31. The predicted molar refractivity (Wildman–Crippen MR) is 116 cm³/mol. The highest BCUT2D eigenvalue weighted by Gasteiger charge is 2.20. The summed E-state index contributed by atoms with van der Waals surface area (Å²) < 4.78 is 0. The molecule has 30 heavy (non-hydrogen) atoms. The van der Waals surface area contributed by atoms with Crippen molar-refractivity contribution in [1.29, 1.82) is 0 Å². The molecule has 1 aromatic carbocycles. The van der Waals surface area contributed by atoms with Crippen LogP contribution in [0.3, 0.4) is 0 Å². The zero-order chi connectivity index (χ0) is 21.6. The van der Waals surface area contributed by atoms with Crippen molar-refractivity contribution in [3.8, 4) is 0 Å². The van der Waals surface area contributed by atoms with E-state index in [0.717, 1.165) is 16.7 Å². The van der Waals surface area contributed by atoms with E-state index in [-0.39, 0.29) is 17.2 Å². The summed E-state index contributed by atoms with van der Waals surface area (Å²) in [5.74, 6) is -0.442. The number of nitrogens with zero attached hydrogens (tertiary/aromatic N) is 2. The molecule has 2 aromatic heterocycles. The first kappa shape index (κ1) is 21.2. The SMILES string of the molecule is CC(C)(C)c1cc(C(=O)NCc2ccncc2)cc(C(=O)NCc2ccncc2)c1. The number of rotatable bonds is 6. The van der Waals surface area contributed by atoms with E-state index in [4.69, 9.17) is 0 Å². The highest BCUT2D eigenvalue weighted by atomic mass is 16.2. The Morgan fingerprint density at radius 1 is 0.733 bits per heavy atom. The first-order chi connectivity index (χ1) is 14.3. The molecule has 2 N–H and O–H groups in total. The standard InChI is InChI=1S/C24H26N4O2/c1-24(2,3)21-13-19(22(29)27-15-17-4-8-25-9-5-17)12-20(14-21)23(30)28-16-18-6-10-26-11-7-18/h4-14H,15-16H2,1-3H3,(H,27,29)(H,28,30). The Labute approximate surface area is 176 Å². The van der Waals surface area contributed by atoms with Crippen LogP contribution in [0.15, 0.2) is 67.3 Å². The minimum absolute atomic E-state index is 0.207. The van der Waals surface area contributed by atoms with Gasteiger partial charge in [-0.3, -0.25) is 19.6 Å². The third-order valence-electron chi connectivity index (χ3n) is 4.73. The average Bonchev–Trinajstić information content (AvgIpc) is 2.76. The van der Waals surface area contributed by atoms with Crippen LogP contribution in [0.5, 0.6) is 0 Å². The molecule has 6 heteroatoms. The van der Waals surface area contributed by atoms with Crippen molar-refractivity contribution >= 4 is 11.8 Å². The number of amides is 2. The number of nitrogens with one attached hydrogen (secondary N) is 2. The molecule has 0 bridgehead atoms. The predicted octanol–water partition coefficient (Wildman–Crippen LogP) is 3.63. The first-order valence-electron chi connectivity index (χ1n) is 9.83. The Balaban J connectivity index is 1.79. The maximum absolute atomic E-state index is 12.8. The van der Waals surface area contributed by atoms with Gasteiger partial charge in [-0.2, -0.15) is 0 Å². The minimum Gasteiger partial charge on any atom is -0.348 e. The summed E-state index contributed by atoms with van der Waals surface area (Å²) in [5, 5.41) is 5.83. The lowest BCUT2D eigenvalue weighted by atomic mass is 9.85. The van der Waals surface area contributed by atoms with Gasteiger partial charge in [0.25, 0.3) is 11.8 Å². The van der Waals surface area contributed by atoms with Gasteiger partial charge in [-0.25, -0.2) is 0 Å². The van der Waals surface area contributed by atoms with Gasteiger partial charge in [-0.15, -0.1) is 0 Å². The lowest BCUT2D eigenvalue weighted by molar-refractivity contribution is 0.0950. The van der Waals surface area contributed by atoms with Crippen LogP contribution in [0.25, 0.3) is 0 Å². The van der Waals surface area contributed by atoms with Gasteiger partial charge in [0.1, 0.15) is 0 Å². The fraction of sp³-hybridized carbons (Fsp3) is 0.250.